The Morgan fingerprint density at radius 1 is 1.38 bits per heavy atom. The standard InChI is InChI=1S/C11H6ClF2NO/c12-7-1-2-8(13)9(10(7)14)11(5-15)3-6(16)4-11/h1-2H,3-4H2. The number of Topliss-reactive ketones (excluding diaryl/α,β-unsaturated/α-hetero) is 1. The molecular formula is C11H6ClF2NO. The van der Waals surface area contributed by atoms with Gasteiger partial charge in [-0.2, -0.15) is 5.26 Å². The first-order valence-electron chi connectivity index (χ1n) is 4.57. The molecule has 0 bridgehead atoms. The summed E-state index contributed by atoms with van der Waals surface area (Å²) >= 11 is 5.53. The van der Waals surface area contributed by atoms with Crippen LogP contribution in [0.4, 0.5) is 8.78 Å². The number of ketones is 1. The average Bonchev–Trinajstić information content (AvgIpc) is 2.21. The molecule has 1 fully saturated rings. The van der Waals surface area contributed by atoms with E-state index in [2.05, 4.69) is 0 Å². The molecule has 0 spiro atoms. The van der Waals surface area contributed by atoms with E-state index in [4.69, 9.17) is 16.9 Å². The number of hydrogen-bond acceptors (Lipinski definition) is 2. The number of rotatable bonds is 1. The van der Waals surface area contributed by atoms with Gasteiger partial charge >= 0.3 is 0 Å². The van der Waals surface area contributed by atoms with Crippen LogP contribution in [0.3, 0.4) is 0 Å². The largest absolute Gasteiger partial charge is 0.300 e. The van der Waals surface area contributed by atoms with Crippen LogP contribution in [-0.4, -0.2) is 5.78 Å². The highest BCUT2D eigenvalue weighted by Gasteiger charge is 2.49. The fourth-order valence-electron chi connectivity index (χ4n) is 1.90. The predicted molar refractivity (Wildman–Crippen MR) is 52.9 cm³/mol. The Kier molecular flexibility index (Phi) is 2.43. The third kappa shape index (κ3) is 1.40. The maximum absolute atomic E-state index is 13.7. The van der Waals surface area contributed by atoms with Gasteiger partial charge in [0.25, 0.3) is 0 Å². The van der Waals surface area contributed by atoms with E-state index >= 15 is 0 Å². The molecule has 0 radical (unpaired) electrons. The maximum atomic E-state index is 13.7. The van der Waals surface area contributed by atoms with Gasteiger partial charge in [0.1, 0.15) is 22.8 Å². The number of nitrogens with zero attached hydrogens (tertiary/aromatic N) is 1. The molecular weight excluding hydrogens is 236 g/mol. The van der Waals surface area contributed by atoms with E-state index < -0.39 is 17.0 Å². The molecule has 0 amide bonds. The lowest BCUT2D eigenvalue weighted by molar-refractivity contribution is -0.126. The smallest absolute Gasteiger partial charge is 0.149 e. The first kappa shape index (κ1) is 11.0. The summed E-state index contributed by atoms with van der Waals surface area (Å²) in [5, 5.41) is 8.72. The minimum absolute atomic E-state index is 0.155. The van der Waals surface area contributed by atoms with Crippen molar-refractivity contribution in [2.75, 3.05) is 0 Å². The van der Waals surface area contributed by atoms with Crippen molar-refractivity contribution < 1.29 is 13.6 Å². The van der Waals surface area contributed by atoms with E-state index in [1.807, 2.05) is 6.07 Å². The number of halogens is 3. The average molecular weight is 242 g/mol. The van der Waals surface area contributed by atoms with Crippen LogP contribution in [0.5, 0.6) is 0 Å². The molecule has 82 valence electrons. The highest BCUT2D eigenvalue weighted by molar-refractivity contribution is 6.30. The Morgan fingerprint density at radius 2 is 2.00 bits per heavy atom. The molecule has 16 heavy (non-hydrogen) atoms. The van der Waals surface area contributed by atoms with Crippen LogP contribution < -0.4 is 0 Å². The van der Waals surface area contributed by atoms with E-state index in [-0.39, 0.29) is 29.2 Å². The molecule has 0 N–H and O–H groups in total. The lowest BCUT2D eigenvalue weighted by Gasteiger charge is -2.34. The van der Waals surface area contributed by atoms with Crippen molar-refractivity contribution >= 4 is 17.4 Å². The van der Waals surface area contributed by atoms with Crippen LogP contribution >= 0.6 is 11.6 Å². The van der Waals surface area contributed by atoms with Gasteiger partial charge in [0, 0.05) is 18.4 Å². The monoisotopic (exact) mass is 241 g/mol. The summed E-state index contributed by atoms with van der Waals surface area (Å²) < 4.78 is 27.2. The Bertz CT molecular complexity index is 513. The van der Waals surface area contributed by atoms with Gasteiger partial charge in [-0.25, -0.2) is 8.78 Å². The SMILES string of the molecule is N#CC1(c2c(F)ccc(Cl)c2F)CC(=O)C1. The van der Waals surface area contributed by atoms with E-state index in [0.717, 1.165) is 12.1 Å². The quantitative estimate of drug-likeness (QED) is 0.710. The van der Waals surface area contributed by atoms with Gasteiger partial charge in [0.2, 0.25) is 0 Å². The normalized spacial score (nSPS) is 17.8. The van der Waals surface area contributed by atoms with Crippen LogP contribution in [0, 0.1) is 23.0 Å². The maximum Gasteiger partial charge on any atom is 0.149 e. The zero-order chi connectivity index (χ0) is 11.9. The molecule has 0 saturated heterocycles. The molecule has 0 aromatic heterocycles. The second-order valence-corrected chi connectivity index (χ2v) is 4.21. The Balaban J connectivity index is 2.60. The van der Waals surface area contributed by atoms with Crippen LogP contribution in [0.1, 0.15) is 18.4 Å². The highest BCUT2D eigenvalue weighted by Crippen LogP contribution is 2.44. The minimum atomic E-state index is -1.38. The van der Waals surface area contributed by atoms with E-state index in [0.29, 0.717) is 0 Å². The summed E-state index contributed by atoms with van der Waals surface area (Å²) in [6.07, 6.45) is -0.310. The number of carbonyl (C=O) groups is 1. The molecule has 1 aromatic rings. The van der Waals surface area contributed by atoms with Gasteiger partial charge in [-0.1, -0.05) is 11.6 Å². The van der Waals surface area contributed by atoms with Gasteiger partial charge in [-0.15, -0.1) is 0 Å². The fraction of sp³-hybridized carbons (Fsp3) is 0.273. The highest BCUT2D eigenvalue weighted by atomic mass is 35.5. The minimum Gasteiger partial charge on any atom is -0.300 e. The second-order valence-electron chi connectivity index (χ2n) is 3.80. The van der Waals surface area contributed by atoms with Gasteiger partial charge < -0.3 is 0 Å². The molecule has 0 heterocycles. The number of carbonyl (C=O) groups excluding carboxylic acids is 1. The van der Waals surface area contributed by atoms with Crippen molar-refractivity contribution in [1.29, 1.82) is 5.26 Å². The molecule has 1 saturated carbocycles. The van der Waals surface area contributed by atoms with E-state index in [1.54, 1.807) is 0 Å². The molecule has 5 heteroatoms. The van der Waals surface area contributed by atoms with Crippen molar-refractivity contribution in [1.82, 2.24) is 0 Å². The number of hydrogen-bond donors (Lipinski definition) is 0. The van der Waals surface area contributed by atoms with Gasteiger partial charge in [-0.05, 0) is 12.1 Å². The molecule has 1 aliphatic carbocycles. The van der Waals surface area contributed by atoms with E-state index in [1.165, 1.54) is 0 Å². The van der Waals surface area contributed by atoms with Crippen molar-refractivity contribution in [3.05, 3.63) is 34.4 Å². The predicted octanol–water partition coefficient (Wildman–Crippen LogP) is 2.74. The summed E-state index contributed by atoms with van der Waals surface area (Å²) in [6, 6.07) is 3.90. The summed E-state index contributed by atoms with van der Waals surface area (Å²) in [7, 11) is 0. The molecule has 0 atom stereocenters. The van der Waals surface area contributed by atoms with Crippen LogP contribution in [-0.2, 0) is 10.2 Å². The molecule has 2 nitrogen and oxygen atoms in total. The van der Waals surface area contributed by atoms with Crippen LogP contribution in [0.2, 0.25) is 5.02 Å². The van der Waals surface area contributed by atoms with Crippen molar-refractivity contribution in [3.8, 4) is 6.07 Å². The zero-order valence-electron chi connectivity index (χ0n) is 8.06. The summed E-state index contributed by atoms with van der Waals surface area (Å²) in [4.78, 5) is 10.9. The Morgan fingerprint density at radius 3 is 2.50 bits per heavy atom. The second kappa shape index (κ2) is 3.53. The fourth-order valence-corrected chi connectivity index (χ4v) is 2.06. The Hall–Kier alpha value is -1.47. The lowest BCUT2D eigenvalue weighted by Crippen LogP contribution is -2.41. The summed E-state index contributed by atoms with van der Waals surface area (Å²) in [5.74, 6) is -1.97. The summed E-state index contributed by atoms with van der Waals surface area (Å²) in [5.41, 5.74) is -1.77. The third-order valence-corrected chi connectivity index (χ3v) is 3.03. The first-order chi connectivity index (χ1) is 7.50. The molecule has 2 rings (SSSR count). The van der Waals surface area contributed by atoms with Gasteiger partial charge in [0.15, 0.2) is 0 Å². The topological polar surface area (TPSA) is 40.9 Å². The first-order valence-corrected chi connectivity index (χ1v) is 4.95. The van der Waals surface area contributed by atoms with Crippen molar-refractivity contribution in [3.63, 3.8) is 0 Å². The third-order valence-electron chi connectivity index (χ3n) is 2.73. The Labute approximate surface area is 95.4 Å². The zero-order valence-corrected chi connectivity index (χ0v) is 8.81. The van der Waals surface area contributed by atoms with Crippen LogP contribution in [0.15, 0.2) is 12.1 Å². The molecule has 1 aromatic carbocycles. The number of benzene rings is 1. The van der Waals surface area contributed by atoms with Crippen LogP contribution in [0.25, 0.3) is 0 Å². The number of nitriles is 1. The van der Waals surface area contributed by atoms with Gasteiger partial charge in [0.05, 0.1) is 11.1 Å². The van der Waals surface area contributed by atoms with E-state index in [9.17, 15) is 13.6 Å². The van der Waals surface area contributed by atoms with Crippen molar-refractivity contribution in [2.45, 2.75) is 18.3 Å². The van der Waals surface area contributed by atoms with Gasteiger partial charge in [-0.3, -0.25) is 4.79 Å². The van der Waals surface area contributed by atoms with Crippen molar-refractivity contribution in [2.24, 2.45) is 0 Å². The lowest BCUT2D eigenvalue weighted by atomic mass is 9.64. The summed E-state index contributed by atoms with van der Waals surface area (Å²) in [6.45, 7) is 0. The molecule has 0 unspecified atom stereocenters. The molecule has 0 aliphatic heterocycles. The molecule has 1 aliphatic rings.